The van der Waals surface area contributed by atoms with Crippen molar-refractivity contribution in [3.8, 4) is 0 Å². The first-order chi connectivity index (χ1) is 9.87. The fraction of sp³-hybridized carbons (Fsp3) is 0.600. The Kier molecular flexibility index (Phi) is 5.43. The molecule has 6 heteroatoms. The summed E-state index contributed by atoms with van der Waals surface area (Å²) in [5, 5.41) is 0.881. The van der Waals surface area contributed by atoms with E-state index in [2.05, 4.69) is 15.9 Å². The molecule has 0 radical (unpaired) electrons. The molecular formula is C15H21BrFNO2S. The first-order valence-electron chi connectivity index (χ1n) is 7.22. The average Bonchev–Trinajstić information content (AvgIpc) is 2.83. The summed E-state index contributed by atoms with van der Waals surface area (Å²) in [5.41, 5.74) is 0.970. The van der Waals surface area contributed by atoms with Crippen molar-refractivity contribution in [1.29, 1.82) is 0 Å². The van der Waals surface area contributed by atoms with Crippen LogP contribution in [0.4, 0.5) is 4.39 Å². The molecule has 0 amide bonds. The van der Waals surface area contributed by atoms with Gasteiger partial charge in [-0.2, -0.15) is 4.31 Å². The van der Waals surface area contributed by atoms with Crippen LogP contribution >= 0.6 is 15.9 Å². The van der Waals surface area contributed by atoms with Crippen molar-refractivity contribution < 1.29 is 12.8 Å². The minimum atomic E-state index is -3.55. The summed E-state index contributed by atoms with van der Waals surface area (Å²) in [7, 11) is -3.55. The first kappa shape index (κ1) is 16.9. The van der Waals surface area contributed by atoms with E-state index >= 15 is 0 Å². The Bertz CT molecular complexity index is 595. The topological polar surface area (TPSA) is 37.4 Å². The van der Waals surface area contributed by atoms with Gasteiger partial charge in [-0.15, -0.1) is 0 Å². The van der Waals surface area contributed by atoms with E-state index in [0.717, 1.165) is 31.0 Å². The number of aryl methyl sites for hydroxylation is 2. The molecule has 1 unspecified atom stereocenters. The minimum Gasteiger partial charge on any atom is -0.207 e. The molecule has 1 atom stereocenters. The molecule has 118 valence electrons. The number of hydrogen-bond donors (Lipinski definition) is 0. The van der Waals surface area contributed by atoms with E-state index < -0.39 is 10.0 Å². The summed E-state index contributed by atoms with van der Waals surface area (Å²) < 4.78 is 40.9. The van der Waals surface area contributed by atoms with Crippen molar-refractivity contribution in [1.82, 2.24) is 4.31 Å². The molecule has 2 rings (SSSR count). The van der Waals surface area contributed by atoms with Gasteiger partial charge in [-0.25, -0.2) is 12.8 Å². The lowest BCUT2D eigenvalue weighted by Crippen LogP contribution is -2.36. The molecule has 21 heavy (non-hydrogen) atoms. The van der Waals surface area contributed by atoms with Gasteiger partial charge >= 0.3 is 0 Å². The van der Waals surface area contributed by atoms with E-state index in [1.54, 1.807) is 18.2 Å². The Balaban J connectivity index is 2.38. The predicted octanol–water partition coefficient (Wildman–Crippen LogP) is 3.77. The standard InChI is InChI=1S/C15H21BrFNO2S/c1-11-9-13(17)10-12(2)15(11)21(19,20)18-8-4-6-14(18)5-3-7-16/h9-10,14H,3-8H2,1-2H3. The first-order valence-corrected chi connectivity index (χ1v) is 9.78. The molecule has 3 nitrogen and oxygen atoms in total. The minimum absolute atomic E-state index is 0.0661. The van der Waals surface area contributed by atoms with Gasteiger partial charge < -0.3 is 0 Å². The number of halogens is 2. The van der Waals surface area contributed by atoms with Gasteiger partial charge in [-0.1, -0.05) is 15.9 Å². The van der Waals surface area contributed by atoms with Crippen LogP contribution in [0.5, 0.6) is 0 Å². The quantitative estimate of drug-likeness (QED) is 0.732. The van der Waals surface area contributed by atoms with Gasteiger partial charge in [0.2, 0.25) is 10.0 Å². The maximum absolute atomic E-state index is 13.4. The number of hydrogen-bond acceptors (Lipinski definition) is 2. The maximum atomic E-state index is 13.4. The van der Waals surface area contributed by atoms with Crippen LogP contribution in [0.1, 0.15) is 36.8 Å². The van der Waals surface area contributed by atoms with Crippen LogP contribution in [-0.4, -0.2) is 30.6 Å². The SMILES string of the molecule is Cc1cc(F)cc(C)c1S(=O)(=O)N1CCCC1CCCBr. The molecule has 0 bridgehead atoms. The lowest BCUT2D eigenvalue weighted by molar-refractivity contribution is 0.368. The Morgan fingerprint density at radius 3 is 2.52 bits per heavy atom. The second-order valence-corrected chi connectivity index (χ2v) is 8.23. The van der Waals surface area contributed by atoms with Crippen molar-refractivity contribution in [3.63, 3.8) is 0 Å². The van der Waals surface area contributed by atoms with Crippen molar-refractivity contribution in [2.45, 2.75) is 50.5 Å². The van der Waals surface area contributed by atoms with Crippen molar-refractivity contribution in [3.05, 3.63) is 29.1 Å². The van der Waals surface area contributed by atoms with Gasteiger partial charge in [0, 0.05) is 17.9 Å². The van der Waals surface area contributed by atoms with Gasteiger partial charge in [0.25, 0.3) is 0 Å². The molecule has 0 aromatic heterocycles. The van der Waals surface area contributed by atoms with Crippen LogP contribution in [0.3, 0.4) is 0 Å². The summed E-state index contributed by atoms with van der Waals surface area (Å²) >= 11 is 3.39. The highest BCUT2D eigenvalue weighted by atomic mass is 79.9. The normalized spacial score (nSPS) is 20.1. The number of rotatable bonds is 5. The van der Waals surface area contributed by atoms with Gasteiger partial charge in [0.15, 0.2) is 0 Å². The average molecular weight is 378 g/mol. The smallest absolute Gasteiger partial charge is 0.207 e. The second kappa shape index (κ2) is 6.75. The molecule has 0 aliphatic carbocycles. The fourth-order valence-electron chi connectivity index (χ4n) is 3.15. The molecule has 0 saturated carbocycles. The third-order valence-electron chi connectivity index (χ3n) is 3.99. The van der Waals surface area contributed by atoms with Crippen LogP contribution < -0.4 is 0 Å². The molecule has 1 aromatic carbocycles. The van der Waals surface area contributed by atoms with E-state index in [-0.39, 0.29) is 16.8 Å². The number of nitrogens with zero attached hydrogens (tertiary/aromatic N) is 1. The van der Waals surface area contributed by atoms with Gasteiger partial charge in [0.1, 0.15) is 5.82 Å². The maximum Gasteiger partial charge on any atom is 0.243 e. The van der Waals surface area contributed by atoms with Crippen molar-refractivity contribution in [2.75, 3.05) is 11.9 Å². The number of sulfonamides is 1. The van der Waals surface area contributed by atoms with Gasteiger partial charge in [-0.05, 0) is 62.8 Å². The van der Waals surface area contributed by atoms with Crippen LogP contribution in [0, 0.1) is 19.7 Å². The van der Waals surface area contributed by atoms with Crippen LogP contribution in [-0.2, 0) is 10.0 Å². The predicted molar refractivity (Wildman–Crippen MR) is 85.8 cm³/mol. The molecule has 0 spiro atoms. The Morgan fingerprint density at radius 1 is 1.33 bits per heavy atom. The lowest BCUT2D eigenvalue weighted by Gasteiger charge is -2.25. The monoisotopic (exact) mass is 377 g/mol. The van der Waals surface area contributed by atoms with E-state index in [1.807, 2.05) is 0 Å². The number of benzene rings is 1. The van der Waals surface area contributed by atoms with E-state index in [9.17, 15) is 12.8 Å². The molecule has 1 aromatic rings. The largest absolute Gasteiger partial charge is 0.243 e. The summed E-state index contributed by atoms with van der Waals surface area (Å²) in [6.45, 7) is 3.88. The molecule has 1 aliphatic heterocycles. The third-order valence-corrected chi connectivity index (χ3v) is 6.80. The van der Waals surface area contributed by atoms with Crippen LogP contribution in [0.2, 0.25) is 0 Å². The van der Waals surface area contributed by atoms with Crippen molar-refractivity contribution in [2.24, 2.45) is 0 Å². The Morgan fingerprint density at radius 2 is 1.95 bits per heavy atom. The number of alkyl halides is 1. The lowest BCUT2D eigenvalue weighted by atomic mass is 10.1. The summed E-state index contributed by atoms with van der Waals surface area (Å²) in [5.74, 6) is -0.388. The van der Waals surface area contributed by atoms with Crippen LogP contribution in [0.15, 0.2) is 17.0 Å². The third kappa shape index (κ3) is 3.48. The van der Waals surface area contributed by atoms with E-state index in [0.29, 0.717) is 17.7 Å². The highest BCUT2D eigenvalue weighted by Crippen LogP contribution is 2.32. The molecule has 1 aliphatic rings. The summed E-state index contributed by atoms with van der Waals surface area (Å²) in [4.78, 5) is 0.273. The van der Waals surface area contributed by atoms with Crippen LogP contribution in [0.25, 0.3) is 0 Å². The van der Waals surface area contributed by atoms with Crippen molar-refractivity contribution >= 4 is 26.0 Å². The Labute approximate surface area is 134 Å². The zero-order valence-corrected chi connectivity index (χ0v) is 14.8. The molecule has 1 saturated heterocycles. The summed E-state index contributed by atoms with van der Waals surface area (Å²) in [6.07, 6.45) is 3.62. The Hall–Kier alpha value is -0.460. The fourth-order valence-corrected chi connectivity index (χ4v) is 5.61. The zero-order chi connectivity index (χ0) is 15.6. The second-order valence-electron chi connectivity index (χ2n) is 5.61. The van der Waals surface area contributed by atoms with Gasteiger partial charge in [0.05, 0.1) is 4.90 Å². The molecular weight excluding hydrogens is 357 g/mol. The van der Waals surface area contributed by atoms with E-state index in [4.69, 9.17) is 0 Å². The molecule has 0 N–H and O–H groups in total. The van der Waals surface area contributed by atoms with Gasteiger partial charge in [-0.3, -0.25) is 0 Å². The molecule has 1 heterocycles. The highest BCUT2D eigenvalue weighted by molar-refractivity contribution is 9.09. The zero-order valence-electron chi connectivity index (χ0n) is 12.4. The highest BCUT2D eigenvalue weighted by Gasteiger charge is 2.36. The summed E-state index contributed by atoms with van der Waals surface area (Å²) in [6, 6.07) is 2.66. The van der Waals surface area contributed by atoms with E-state index in [1.165, 1.54) is 12.1 Å². The molecule has 1 fully saturated rings.